The minimum atomic E-state index is -4.05. The van der Waals surface area contributed by atoms with E-state index in [2.05, 4.69) is 24.0 Å². The van der Waals surface area contributed by atoms with Crippen molar-refractivity contribution in [1.29, 1.82) is 0 Å². The maximum absolute atomic E-state index is 12.8. The average molecular weight is 487 g/mol. The molecule has 1 saturated heterocycles. The summed E-state index contributed by atoms with van der Waals surface area (Å²) in [7, 11) is -4.05. The number of benzene rings is 1. The monoisotopic (exact) mass is 486 g/mol. The smallest absolute Gasteiger partial charge is 0.359 e. The number of aryl methyl sites for hydroxylation is 1. The summed E-state index contributed by atoms with van der Waals surface area (Å²) in [5, 5.41) is 0.121. The summed E-state index contributed by atoms with van der Waals surface area (Å²) in [4.78, 5) is 38.4. The number of fused-ring (bicyclic) bond motifs is 1. The third-order valence-electron chi connectivity index (χ3n) is 5.63. The fourth-order valence-electron chi connectivity index (χ4n) is 3.87. The first-order valence-corrected chi connectivity index (χ1v) is 12.6. The molecule has 1 fully saturated rings. The first-order valence-electron chi connectivity index (χ1n) is 10.8. The third kappa shape index (κ3) is 5.18. The van der Waals surface area contributed by atoms with Crippen LogP contribution in [0.1, 0.15) is 22.8 Å². The lowest BCUT2D eigenvalue weighted by Crippen LogP contribution is -2.46. The molecule has 0 spiro atoms. The van der Waals surface area contributed by atoms with Crippen LogP contribution in [0.15, 0.2) is 41.5 Å². The molecule has 3 heterocycles. The van der Waals surface area contributed by atoms with Gasteiger partial charge in [-0.2, -0.15) is 13.4 Å². The minimum Gasteiger partial charge on any atom is -0.399 e. The van der Waals surface area contributed by atoms with Crippen LogP contribution in [-0.2, 0) is 27.4 Å². The lowest BCUT2D eigenvalue weighted by molar-refractivity contribution is 0.0746. The zero-order valence-electron chi connectivity index (χ0n) is 19.0. The highest BCUT2D eigenvalue weighted by Crippen LogP contribution is 2.18. The van der Waals surface area contributed by atoms with Crippen molar-refractivity contribution >= 4 is 38.8 Å². The molecule has 34 heavy (non-hydrogen) atoms. The molecule has 12 heteroatoms. The number of carbonyl (C=O) groups excluding carboxylic acids is 1. The number of nitrogen functional groups attached to an aromatic ring is 1. The van der Waals surface area contributed by atoms with Gasteiger partial charge in [-0.1, -0.05) is 12.1 Å². The summed E-state index contributed by atoms with van der Waals surface area (Å²) in [6.45, 7) is 6.14. The van der Waals surface area contributed by atoms with Gasteiger partial charge in [-0.25, -0.2) is 9.78 Å². The molecule has 0 aliphatic carbocycles. The summed E-state index contributed by atoms with van der Waals surface area (Å²) >= 11 is 0. The molecule has 1 aliphatic rings. The van der Waals surface area contributed by atoms with Crippen LogP contribution in [0.5, 0.6) is 0 Å². The van der Waals surface area contributed by atoms with Crippen molar-refractivity contribution in [1.82, 2.24) is 19.4 Å². The molecular weight excluding hydrogens is 460 g/mol. The second kappa shape index (κ2) is 9.39. The maximum Gasteiger partial charge on any atom is 0.359 e. The molecule has 1 aromatic carbocycles. The third-order valence-corrected chi connectivity index (χ3v) is 6.08. The van der Waals surface area contributed by atoms with Gasteiger partial charge in [-0.3, -0.25) is 9.69 Å². The highest BCUT2D eigenvalue weighted by Gasteiger charge is 2.23. The fourth-order valence-corrected chi connectivity index (χ4v) is 4.24. The molecule has 2 aromatic heterocycles. The Morgan fingerprint density at radius 1 is 1.15 bits per heavy atom. The van der Waals surface area contributed by atoms with Crippen LogP contribution >= 0.6 is 0 Å². The van der Waals surface area contributed by atoms with Gasteiger partial charge in [0.25, 0.3) is 0 Å². The Kier molecular flexibility index (Phi) is 6.53. The molecule has 180 valence electrons. The Balaban J connectivity index is 1.54. The number of piperazine rings is 1. The van der Waals surface area contributed by atoms with E-state index in [-0.39, 0.29) is 10.9 Å². The predicted octanol–water partition coefficient (Wildman–Crippen LogP) is 0.832. The summed E-state index contributed by atoms with van der Waals surface area (Å²) in [5.74, 6) is -0.731. The van der Waals surface area contributed by atoms with Crippen LogP contribution in [-0.4, -0.2) is 66.3 Å². The van der Waals surface area contributed by atoms with Gasteiger partial charge in [-0.15, -0.1) is 0 Å². The van der Waals surface area contributed by atoms with Crippen molar-refractivity contribution < 1.29 is 17.4 Å². The summed E-state index contributed by atoms with van der Waals surface area (Å²) in [5.41, 5.74) is 7.01. The van der Waals surface area contributed by atoms with Crippen LogP contribution in [0.2, 0.25) is 0 Å². The van der Waals surface area contributed by atoms with E-state index in [1.807, 2.05) is 31.2 Å². The molecule has 0 radical (unpaired) electrons. The Morgan fingerprint density at radius 2 is 1.82 bits per heavy atom. The zero-order chi connectivity index (χ0) is 24.5. The molecule has 0 unspecified atom stereocenters. The number of pyridine rings is 1. The van der Waals surface area contributed by atoms with Crippen LogP contribution < -0.4 is 16.1 Å². The second-order valence-corrected chi connectivity index (χ2v) is 9.72. The second-order valence-electron chi connectivity index (χ2n) is 8.14. The van der Waals surface area contributed by atoms with Crippen molar-refractivity contribution in [2.75, 3.05) is 43.1 Å². The topological polar surface area (TPSA) is 141 Å². The summed E-state index contributed by atoms with van der Waals surface area (Å²) < 4.78 is 28.6. The number of carbonyl (C=O) groups is 1. The average Bonchev–Trinajstić information content (AvgIpc) is 2.80. The Bertz CT molecular complexity index is 1380. The van der Waals surface area contributed by atoms with Gasteiger partial charge in [0.15, 0.2) is 0 Å². The van der Waals surface area contributed by atoms with E-state index in [0.717, 1.165) is 44.7 Å². The van der Waals surface area contributed by atoms with Crippen molar-refractivity contribution in [2.24, 2.45) is 0 Å². The van der Waals surface area contributed by atoms with Gasteiger partial charge in [-0.05, 0) is 24.6 Å². The number of nitrogens with zero attached hydrogens (tertiary/aromatic N) is 5. The largest absolute Gasteiger partial charge is 0.399 e. The van der Waals surface area contributed by atoms with Crippen molar-refractivity contribution in [3.05, 3.63) is 58.0 Å². The molecule has 0 saturated carbocycles. The van der Waals surface area contributed by atoms with Gasteiger partial charge >= 0.3 is 16.1 Å². The first kappa shape index (κ1) is 23.6. The predicted molar refractivity (Wildman–Crippen MR) is 128 cm³/mol. The lowest BCUT2D eigenvalue weighted by Gasteiger charge is -2.34. The van der Waals surface area contributed by atoms with Crippen LogP contribution in [0.4, 0.5) is 11.6 Å². The number of nitrogens with two attached hydrogens (primary N) is 1. The van der Waals surface area contributed by atoms with Crippen LogP contribution in [0, 0.1) is 0 Å². The van der Waals surface area contributed by atoms with Gasteiger partial charge in [0.1, 0.15) is 11.2 Å². The highest BCUT2D eigenvalue weighted by atomic mass is 32.2. The maximum atomic E-state index is 12.8. The molecule has 4 rings (SSSR count). The highest BCUT2D eigenvalue weighted by molar-refractivity contribution is 7.86. The van der Waals surface area contributed by atoms with E-state index in [0.29, 0.717) is 18.1 Å². The number of anilines is 2. The number of aromatic nitrogens is 3. The van der Waals surface area contributed by atoms with Gasteiger partial charge < -0.3 is 19.4 Å². The van der Waals surface area contributed by atoms with Crippen molar-refractivity contribution in [2.45, 2.75) is 20.0 Å². The SMILES string of the molecule is CCn1cc(C(=O)OS(C)(=O)=O)c(=O)c2cnc(N3CCN(Cc4ccc(N)cc4)CC3)nc21. The van der Waals surface area contributed by atoms with E-state index in [1.165, 1.54) is 18.0 Å². The lowest BCUT2D eigenvalue weighted by atomic mass is 10.2. The number of hydrogen-bond donors (Lipinski definition) is 1. The van der Waals surface area contributed by atoms with Gasteiger partial charge in [0.05, 0.1) is 11.6 Å². The molecular formula is C22H26N6O5S. The molecule has 1 aliphatic heterocycles. The number of hydrogen-bond acceptors (Lipinski definition) is 10. The van der Waals surface area contributed by atoms with E-state index in [4.69, 9.17) is 5.73 Å². The molecule has 2 N–H and O–H groups in total. The van der Waals surface area contributed by atoms with E-state index < -0.39 is 21.5 Å². The fraction of sp³-hybridized carbons (Fsp3) is 0.364. The minimum absolute atomic E-state index is 0.121. The molecule has 0 amide bonds. The van der Waals surface area contributed by atoms with E-state index in [1.54, 1.807) is 4.57 Å². The molecule has 3 aromatic rings. The van der Waals surface area contributed by atoms with Crippen LogP contribution in [0.25, 0.3) is 11.0 Å². The van der Waals surface area contributed by atoms with Gasteiger partial charge in [0, 0.05) is 57.3 Å². The Hall–Kier alpha value is -3.51. The first-order chi connectivity index (χ1) is 16.1. The Labute approximate surface area is 196 Å². The van der Waals surface area contributed by atoms with Crippen molar-refractivity contribution in [3.8, 4) is 0 Å². The molecule has 0 atom stereocenters. The standard InChI is InChI=1S/C22H26N6O5S/c1-3-27-14-18(21(30)33-34(2,31)32)19(29)17-12-24-22(25-20(17)27)28-10-8-26(9-11-28)13-15-4-6-16(23)7-5-15/h4-7,12,14H,3,8-11,13,23H2,1-2H3. The Morgan fingerprint density at radius 3 is 2.44 bits per heavy atom. The van der Waals surface area contributed by atoms with E-state index in [9.17, 15) is 18.0 Å². The summed E-state index contributed by atoms with van der Waals surface area (Å²) in [6.07, 6.45) is 3.40. The zero-order valence-corrected chi connectivity index (χ0v) is 19.8. The summed E-state index contributed by atoms with van der Waals surface area (Å²) in [6, 6.07) is 7.85. The normalized spacial score (nSPS) is 14.9. The quantitative estimate of drug-likeness (QED) is 0.393. The molecule has 0 bridgehead atoms. The number of rotatable bonds is 6. The van der Waals surface area contributed by atoms with Crippen LogP contribution in [0.3, 0.4) is 0 Å². The molecule has 11 nitrogen and oxygen atoms in total. The van der Waals surface area contributed by atoms with Gasteiger partial charge in [0.2, 0.25) is 11.4 Å². The van der Waals surface area contributed by atoms with Crippen molar-refractivity contribution in [3.63, 3.8) is 0 Å². The van der Waals surface area contributed by atoms with E-state index >= 15 is 0 Å².